The summed E-state index contributed by atoms with van der Waals surface area (Å²) in [6.07, 6.45) is 4.23. The number of rotatable bonds is 10. The molecule has 1 aliphatic rings. The van der Waals surface area contributed by atoms with E-state index in [9.17, 15) is 14.3 Å². The van der Waals surface area contributed by atoms with Gasteiger partial charge in [-0.15, -0.1) is 0 Å². The lowest BCUT2D eigenvalue weighted by atomic mass is 9.82. The van der Waals surface area contributed by atoms with Gasteiger partial charge >= 0.3 is 5.97 Å². The van der Waals surface area contributed by atoms with Crippen LogP contribution in [-0.4, -0.2) is 52.9 Å². The fraction of sp³-hybridized carbons (Fsp3) is 0.469. The average molecular weight is 600 g/mol. The fourth-order valence-electron chi connectivity index (χ4n) is 4.91. The fourth-order valence-corrected chi connectivity index (χ4v) is 5.13. The van der Waals surface area contributed by atoms with E-state index in [-0.39, 0.29) is 23.7 Å². The smallest absolute Gasteiger partial charge is 0.337 e. The zero-order valence-electron chi connectivity index (χ0n) is 25.0. The zero-order chi connectivity index (χ0) is 30.7. The van der Waals surface area contributed by atoms with Crippen molar-refractivity contribution in [3.05, 3.63) is 64.8 Å². The number of carboxylic acid groups (broad SMARTS) is 1. The summed E-state index contributed by atoms with van der Waals surface area (Å²) in [6.45, 7) is 13.9. The molecule has 1 unspecified atom stereocenters. The van der Waals surface area contributed by atoms with Crippen molar-refractivity contribution in [2.75, 3.05) is 31.2 Å². The second kappa shape index (κ2) is 12.8. The standard InChI is InChI=1S/C32H39ClFN3O5/c1-20-27(29(30(38)39)42-31(2,3)4)28(37-13-11-32(5,6)12-14-37)23(19-35-20)21-7-10-26(36-18-21)41-16-15-40-25-9-8-22(34)17-24(25)33/h7-10,17-19,29H,11-16H2,1-6H3,(H,38,39). The number of aryl methyl sites for hydroxylation is 1. The molecule has 0 aliphatic carbocycles. The lowest BCUT2D eigenvalue weighted by molar-refractivity contribution is -0.160. The van der Waals surface area contributed by atoms with Gasteiger partial charge in [0.2, 0.25) is 5.88 Å². The van der Waals surface area contributed by atoms with Gasteiger partial charge in [-0.3, -0.25) is 4.98 Å². The molecular formula is C32H39ClFN3O5. The SMILES string of the molecule is Cc1ncc(-c2ccc(OCCOc3ccc(F)cc3Cl)nc2)c(N2CCC(C)(C)CC2)c1C(OC(C)(C)C)C(=O)O. The Morgan fingerprint density at radius 2 is 1.79 bits per heavy atom. The number of hydrogen-bond acceptors (Lipinski definition) is 7. The van der Waals surface area contributed by atoms with Gasteiger partial charge in [-0.2, -0.15) is 0 Å². The van der Waals surface area contributed by atoms with Crippen LogP contribution in [0.25, 0.3) is 11.1 Å². The summed E-state index contributed by atoms with van der Waals surface area (Å²) in [6, 6.07) is 7.57. The maximum atomic E-state index is 13.2. The van der Waals surface area contributed by atoms with Gasteiger partial charge in [-0.25, -0.2) is 14.2 Å². The third-order valence-electron chi connectivity index (χ3n) is 7.21. The molecule has 1 saturated heterocycles. The van der Waals surface area contributed by atoms with Crippen molar-refractivity contribution in [1.29, 1.82) is 0 Å². The number of piperidine rings is 1. The van der Waals surface area contributed by atoms with Crippen molar-refractivity contribution in [1.82, 2.24) is 9.97 Å². The molecule has 1 atom stereocenters. The van der Waals surface area contributed by atoms with Crippen molar-refractivity contribution >= 4 is 23.3 Å². The van der Waals surface area contributed by atoms with Crippen LogP contribution in [0.3, 0.4) is 0 Å². The molecule has 1 aliphatic heterocycles. The lowest BCUT2D eigenvalue weighted by Crippen LogP contribution is -2.39. The molecule has 0 radical (unpaired) electrons. The normalized spacial score (nSPS) is 15.8. The molecule has 8 nitrogen and oxygen atoms in total. The molecule has 0 bridgehead atoms. The highest BCUT2D eigenvalue weighted by atomic mass is 35.5. The molecule has 3 heterocycles. The van der Waals surface area contributed by atoms with Crippen LogP contribution in [-0.2, 0) is 9.53 Å². The maximum absolute atomic E-state index is 13.2. The predicted octanol–water partition coefficient (Wildman–Crippen LogP) is 7.27. The minimum Gasteiger partial charge on any atom is -0.488 e. The molecule has 1 aromatic carbocycles. The second-order valence-electron chi connectivity index (χ2n) is 12.3. The van der Waals surface area contributed by atoms with E-state index in [4.69, 9.17) is 25.8 Å². The first kappa shape index (κ1) is 31.5. The van der Waals surface area contributed by atoms with Crippen LogP contribution in [0.1, 0.15) is 64.8 Å². The number of carboxylic acids is 1. The third-order valence-corrected chi connectivity index (χ3v) is 7.51. The van der Waals surface area contributed by atoms with E-state index in [1.165, 1.54) is 18.2 Å². The van der Waals surface area contributed by atoms with Crippen LogP contribution >= 0.6 is 11.6 Å². The summed E-state index contributed by atoms with van der Waals surface area (Å²) in [7, 11) is 0. The number of aromatic nitrogens is 2. The molecule has 1 fully saturated rings. The van der Waals surface area contributed by atoms with Gasteiger partial charge in [0.15, 0.2) is 6.10 Å². The Hall–Kier alpha value is -3.43. The van der Waals surface area contributed by atoms with E-state index in [0.29, 0.717) is 22.9 Å². The third kappa shape index (κ3) is 7.89. The number of aliphatic carboxylic acids is 1. The van der Waals surface area contributed by atoms with Crippen LogP contribution in [0, 0.1) is 18.2 Å². The number of ether oxygens (including phenoxy) is 3. The van der Waals surface area contributed by atoms with E-state index in [1.807, 2.05) is 33.8 Å². The summed E-state index contributed by atoms with van der Waals surface area (Å²) in [4.78, 5) is 23.9. The molecule has 2 aromatic heterocycles. The number of pyridine rings is 2. The Morgan fingerprint density at radius 1 is 1.10 bits per heavy atom. The van der Waals surface area contributed by atoms with E-state index in [1.54, 1.807) is 18.5 Å². The molecule has 42 heavy (non-hydrogen) atoms. The number of hydrogen-bond donors (Lipinski definition) is 1. The molecule has 10 heteroatoms. The second-order valence-corrected chi connectivity index (χ2v) is 12.7. The van der Waals surface area contributed by atoms with Gasteiger partial charge in [-0.05, 0) is 70.2 Å². The van der Waals surface area contributed by atoms with E-state index < -0.39 is 23.5 Å². The Labute approximate surface area is 251 Å². The summed E-state index contributed by atoms with van der Waals surface area (Å²) >= 11 is 6.01. The van der Waals surface area contributed by atoms with Gasteiger partial charge in [0.05, 0.1) is 16.3 Å². The average Bonchev–Trinajstić information content (AvgIpc) is 2.91. The van der Waals surface area contributed by atoms with E-state index in [2.05, 4.69) is 28.7 Å². The van der Waals surface area contributed by atoms with Crippen molar-refractivity contribution in [3.8, 4) is 22.8 Å². The van der Waals surface area contributed by atoms with Crippen molar-refractivity contribution in [2.45, 2.75) is 66.1 Å². The Morgan fingerprint density at radius 3 is 2.38 bits per heavy atom. The Bertz CT molecular complexity index is 1400. The van der Waals surface area contributed by atoms with E-state index >= 15 is 0 Å². The largest absolute Gasteiger partial charge is 0.488 e. The van der Waals surface area contributed by atoms with Gasteiger partial charge < -0.3 is 24.2 Å². The van der Waals surface area contributed by atoms with Gasteiger partial charge in [-0.1, -0.05) is 25.4 Å². The number of anilines is 1. The topological polar surface area (TPSA) is 94.0 Å². The molecule has 4 rings (SSSR count). The molecule has 226 valence electrons. The van der Waals surface area contributed by atoms with Crippen LogP contribution in [0.4, 0.5) is 10.1 Å². The van der Waals surface area contributed by atoms with Crippen LogP contribution in [0.2, 0.25) is 5.02 Å². The maximum Gasteiger partial charge on any atom is 0.337 e. The number of nitrogens with zero attached hydrogens (tertiary/aromatic N) is 3. The lowest BCUT2D eigenvalue weighted by Gasteiger charge is -2.40. The first-order valence-corrected chi connectivity index (χ1v) is 14.4. The van der Waals surface area contributed by atoms with Gasteiger partial charge in [0, 0.05) is 53.9 Å². The summed E-state index contributed by atoms with van der Waals surface area (Å²) < 4.78 is 30.7. The highest BCUT2D eigenvalue weighted by Crippen LogP contribution is 2.43. The van der Waals surface area contributed by atoms with Crippen molar-refractivity contribution < 1.29 is 28.5 Å². The van der Waals surface area contributed by atoms with Crippen LogP contribution in [0.15, 0.2) is 42.7 Å². The highest BCUT2D eigenvalue weighted by Gasteiger charge is 2.35. The molecular weight excluding hydrogens is 561 g/mol. The van der Waals surface area contributed by atoms with Gasteiger partial charge in [0.1, 0.15) is 24.8 Å². The number of carbonyl (C=O) groups is 1. The zero-order valence-corrected chi connectivity index (χ0v) is 25.8. The molecule has 3 aromatic rings. The van der Waals surface area contributed by atoms with Crippen molar-refractivity contribution in [2.24, 2.45) is 5.41 Å². The van der Waals surface area contributed by atoms with Crippen molar-refractivity contribution in [3.63, 3.8) is 0 Å². The van der Waals surface area contributed by atoms with Crippen LogP contribution in [0.5, 0.6) is 11.6 Å². The summed E-state index contributed by atoms with van der Waals surface area (Å²) in [5.41, 5.74) is 3.08. The molecule has 0 amide bonds. The first-order chi connectivity index (χ1) is 19.7. The summed E-state index contributed by atoms with van der Waals surface area (Å²) in [5, 5.41) is 10.5. The summed E-state index contributed by atoms with van der Waals surface area (Å²) in [5.74, 6) is -0.724. The number of benzene rings is 1. The minimum atomic E-state index is -1.19. The first-order valence-electron chi connectivity index (χ1n) is 14.1. The Kier molecular flexibility index (Phi) is 9.63. The van der Waals surface area contributed by atoms with E-state index in [0.717, 1.165) is 42.7 Å². The quantitative estimate of drug-likeness (QED) is 0.243. The predicted molar refractivity (Wildman–Crippen MR) is 161 cm³/mol. The van der Waals surface area contributed by atoms with Crippen LogP contribution < -0.4 is 14.4 Å². The Balaban J connectivity index is 1.61. The molecule has 1 N–H and O–H groups in total. The highest BCUT2D eigenvalue weighted by molar-refractivity contribution is 6.32. The molecule has 0 spiro atoms. The molecule has 0 saturated carbocycles. The van der Waals surface area contributed by atoms with Gasteiger partial charge in [0.25, 0.3) is 0 Å². The number of halogens is 2. The minimum absolute atomic E-state index is 0.190. The monoisotopic (exact) mass is 599 g/mol.